The van der Waals surface area contributed by atoms with E-state index in [-0.39, 0.29) is 18.2 Å². The number of nitrogens with zero attached hydrogens (tertiary/aromatic N) is 4. The van der Waals surface area contributed by atoms with E-state index in [4.69, 9.17) is 0 Å². The second-order valence-electron chi connectivity index (χ2n) is 5.07. The van der Waals surface area contributed by atoms with Gasteiger partial charge in [0.25, 0.3) is 5.91 Å². The lowest BCUT2D eigenvalue weighted by molar-refractivity contribution is -0.119. The van der Waals surface area contributed by atoms with Gasteiger partial charge in [0.1, 0.15) is 5.71 Å². The molecule has 0 spiro atoms. The van der Waals surface area contributed by atoms with Gasteiger partial charge in [-0.25, -0.2) is 5.01 Å². The minimum Gasteiger partial charge on any atom is -0.343 e. The molecule has 0 saturated carbocycles. The highest BCUT2D eigenvalue weighted by Crippen LogP contribution is 2.20. The first-order valence-corrected chi connectivity index (χ1v) is 7.18. The summed E-state index contributed by atoms with van der Waals surface area (Å²) >= 11 is 0. The fourth-order valence-electron chi connectivity index (χ4n) is 2.20. The Morgan fingerprint density at radius 3 is 2.78 bits per heavy atom. The Hall–Kier alpha value is -3.03. The van der Waals surface area contributed by atoms with Crippen LogP contribution in [0.1, 0.15) is 31.6 Å². The van der Waals surface area contributed by atoms with Gasteiger partial charge in [0.15, 0.2) is 5.82 Å². The van der Waals surface area contributed by atoms with Crippen LogP contribution in [0.3, 0.4) is 0 Å². The fraction of sp³-hybridized carbons (Fsp3) is 0.267. The van der Waals surface area contributed by atoms with E-state index in [1.165, 1.54) is 11.4 Å². The number of para-hydroxylation sites is 1. The largest absolute Gasteiger partial charge is 0.343 e. The van der Waals surface area contributed by atoms with E-state index in [9.17, 15) is 9.59 Å². The molecule has 1 aromatic carbocycles. The molecule has 1 N–H and O–H groups in total. The van der Waals surface area contributed by atoms with E-state index in [1.54, 1.807) is 19.1 Å². The van der Waals surface area contributed by atoms with Crippen LogP contribution in [0.15, 0.2) is 46.3 Å². The second-order valence-corrected chi connectivity index (χ2v) is 5.07. The molecule has 1 aliphatic rings. The molecule has 2 aromatic rings. The minimum atomic E-state index is -0.410. The van der Waals surface area contributed by atoms with Crippen LogP contribution >= 0.6 is 0 Å². The lowest BCUT2D eigenvalue weighted by atomic mass is 10.1. The smallest absolute Gasteiger partial charge is 0.268 e. The molecule has 0 bridgehead atoms. The normalized spacial score (nSPS) is 16.0. The first kappa shape index (κ1) is 14.9. The molecule has 8 heteroatoms. The molecule has 118 valence electrons. The van der Waals surface area contributed by atoms with Crippen molar-refractivity contribution in [1.82, 2.24) is 15.5 Å². The van der Waals surface area contributed by atoms with Crippen molar-refractivity contribution in [2.45, 2.75) is 25.8 Å². The summed E-state index contributed by atoms with van der Waals surface area (Å²) in [5.41, 5.74) is 0.928. The van der Waals surface area contributed by atoms with Gasteiger partial charge in [-0.1, -0.05) is 23.4 Å². The van der Waals surface area contributed by atoms with Crippen molar-refractivity contribution in [3.8, 4) is 0 Å². The van der Waals surface area contributed by atoms with E-state index >= 15 is 0 Å². The van der Waals surface area contributed by atoms with E-state index in [1.807, 2.05) is 18.2 Å². The van der Waals surface area contributed by atoms with Gasteiger partial charge in [0.05, 0.1) is 11.7 Å². The van der Waals surface area contributed by atoms with Crippen molar-refractivity contribution >= 4 is 23.2 Å². The third kappa shape index (κ3) is 3.25. The zero-order chi connectivity index (χ0) is 16.2. The fourth-order valence-corrected chi connectivity index (χ4v) is 2.20. The van der Waals surface area contributed by atoms with Crippen LogP contribution in [-0.4, -0.2) is 27.7 Å². The minimum absolute atomic E-state index is 0.140. The average Bonchev–Trinajstić information content (AvgIpc) is 3.10. The van der Waals surface area contributed by atoms with Crippen molar-refractivity contribution in [3.05, 3.63) is 42.5 Å². The van der Waals surface area contributed by atoms with E-state index in [0.717, 1.165) is 0 Å². The van der Waals surface area contributed by atoms with Crippen molar-refractivity contribution in [1.29, 1.82) is 0 Å². The van der Waals surface area contributed by atoms with Crippen LogP contribution in [-0.2, 0) is 9.59 Å². The molecule has 0 aliphatic carbocycles. The number of anilines is 1. The van der Waals surface area contributed by atoms with Crippen molar-refractivity contribution in [2.75, 3.05) is 5.01 Å². The highest BCUT2D eigenvalue weighted by Gasteiger charge is 2.26. The number of nitrogens with one attached hydrogen (secondary N) is 1. The third-order valence-corrected chi connectivity index (χ3v) is 3.41. The molecular formula is C15H15N5O3. The maximum Gasteiger partial charge on any atom is 0.268 e. The van der Waals surface area contributed by atoms with E-state index in [2.05, 4.69) is 25.1 Å². The first-order chi connectivity index (χ1) is 11.1. The van der Waals surface area contributed by atoms with E-state index in [0.29, 0.717) is 23.6 Å². The van der Waals surface area contributed by atoms with Crippen LogP contribution in [0.2, 0.25) is 0 Å². The highest BCUT2D eigenvalue weighted by atomic mass is 16.5. The molecule has 1 atom stereocenters. The zero-order valence-electron chi connectivity index (χ0n) is 12.5. The molecule has 0 unspecified atom stereocenters. The maximum atomic E-state index is 12.3. The summed E-state index contributed by atoms with van der Waals surface area (Å²) in [7, 11) is 0. The lowest BCUT2D eigenvalue weighted by Crippen LogP contribution is -2.40. The summed E-state index contributed by atoms with van der Waals surface area (Å²) in [6, 6.07) is 8.60. The van der Waals surface area contributed by atoms with Gasteiger partial charge < -0.3 is 9.84 Å². The predicted octanol–water partition coefficient (Wildman–Crippen LogP) is 1.43. The Kier molecular flexibility index (Phi) is 4.13. The Bertz CT molecular complexity index is 727. The van der Waals surface area contributed by atoms with Crippen LogP contribution < -0.4 is 10.3 Å². The number of carbonyl (C=O) groups is 2. The molecule has 1 aliphatic heterocycles. The van der Waals surface area contributed by atoms with Crippen LogP contribution in [0, 0.1) is 0 Å². The number of benzene rings is 1. The molecule has 0 saturated heterocycles. The lowest BCUT2D eigenvalue weighted by Gasteiger charge is -2.23. The van der Waals surface area contributed by atoms with Gasteiger partial charge >= 0.3 is 0 Å². The number of rotatable bonds is 4. The van der Waals surface area contributed by atoms with Gasteiger partial charge in [-0.15, -0.1) is 0 Å². The second kappa shape index (κ2) is 6.39. The maximum absolute atomic E-state index is 12.3. The van der Waals surface area contributed by atoms with Crippen LogP contribution in [0.5, 0.6) is 0 Å². The number of aromatic nitrogens is 2. The molecule has 3 rings (SSSR count). The zero-order valence-corrected chi connectivity index (χ0v) is 12.5. The summed E-state index contributed by atoms with van der Waals surface area (Å²) in [6.07, 6.45) is 1.73. The average molecular weight is 313 g/mol. The molecule has 23 heavy (non-hydrogen) atoms. The molecule has 2 heterocycles. The first-order valence-electron chi connectivity index (χ1n) is 7.18. The molecular weight excluding hydrogens is 298 g/mol. The van der Waals surface area contributed by atoms with Crippen molar-refractivity contribution in [2.24, 2.45) is 5.10 Å². The number of hydrazone groups is 1. The predicted molar refractivity (Wildman–Crippen MR) is 81.5 cm³/mol. The van der Waals surface area contributed by atoms with E-state index < -0.39 is 6.04 Å². The summed E-state index contributed by atoms with van der Waals surface area (Å²) in [5, 5.41) is 11.9. The SMILES string of the molecule is C[C@@H](NC(=O)C1=NN(c2ccccc2)C(=O)CC1)c1ncon1. The number of carbonyl (C=O) groups excluding carboxylic acids is 2. The molecule has 2 amide bonds. The third-order valence-electron chi connectivity index (χ3n) is 3.41. The van der Waals surface area contributed by atoms with Crippen LogP contribution in [0.25, 0.3) is 0 Å². The van der Waals surface area contributed by atoms with Gasteiger partial charge in [0.2, 0.25) is 12.3 Å². The Morgan fingerprint density at radius 1 is 1.30 bits per heavy atom. The van der Waals surface area contributed by atoms with Gasteiger partial charge in [-0.3, -0.25) is 9.59 Å². The number of amides is 2. The standard InChI is InChI=1S/C15H15N5O3/c1-10(14-16-9-23-19-14)17-15(22)12-7-8-13(21)20(18-12)11-5-3-2-4-6-11/h2-6,9-10H,7-8H2,1H3,(H,17,22)/t10-/m1/s1. The monoisotopic (exact) mass is 313 g/mol. The quantitative estimate of drug-likeness (QED) is 0.920. The highest BCUT2D eigenvalue weighted by molar-refractivity contribution is 6.40. The topological polar surface area (TPSA) is 101 Å². The van der Waals surface area contributed by atoms with Crippen molar-refractivity contribution in [3.63, 3.8) is 0 Å². The summed E-state index contributed by atoms with van der Waals surface area (Å²) in [5.74, 6) is -0.111. The molecule has 1 aromatic heterocycles. The summed E-state index contributed by atoms with van der Waals surface area (Å²) in [4.78, 5) is 28.2. The number of hydrogen-bond acceptors (Lipinski definition) is 6. The Balaban J connectivity index is 1.76. The summed E-state index contributed by atoms with van der Waals surface area (Å²) in [6.45, 7) is 1.74. The molecule has 8 nitrogen and oxygen atoms in total. The van der Waals surface area contributed by atoms with Gasteiger partial charge in [-0.2, -0.15) is 10.1 Å². The number of hydrogen-bond donors (Lipinski definition) is 1. The molecule has 0 radical (unpaired) electrons. The Labute approximate surface area is 132 Å². The van der Waals surface area contributed by atoms with Crippen molar-refractivity contribution < 1.29 is 14.1 Å². The Morgan fingerprint density at radius 2 is 2.09 bits per heavy atom. The molecule has 0 fully saturated rings. The summed E-state index contributed by atoms with van der Waals surface area (Å²) < 4.78 is 4.66. The van der Waals surface area contributed by atoms with Crippen LogP contribution in [0.4, 0.5) is 5.69 Å². The van der Waals surface area contributed by atoms with Gasteiger partial charge in [-0.05, 0) is 19.1 Å². The van der Waals surface area contributed by atoms with Gasteiger partial charge in [0, 0.05) is 12.8 Å².